The SMILES string of the molecule is CC(C)(C)OC(=O)N1CCC(C2=NN=C(CN/N=C\C=N)C(c3ccc(Cl)cc3)C2)CC1. The number of carbonyl (C=O) groups excluding carboxylic acids is 1. The smallest absolute Gasteiger partial charge is 0.410 e. The molecular weight excluding hydrogens is 428 g/mol. The fourth-order valence-corrected chi connectivity index (χ4v) is 4.04. The van der Waals surface area contributed by atoms with Crippen LogP contribution in [0.3, 0.4) is 0 Å². The molecular formula is C23H31ClN6O2. The van der Waals surface area contributed by atoms with Crippen LogP contribution in [-0.4, -0.2) is 60.1 Å². The van der Waals surface area contributed by atoms with Gasteiger partial charge < -0.3 is 20.5 Å². The Balaban J connectivity index is 1.69. The van der Waals surface area contributed by atoms with Gasteiger partial charge in [0.15, 0.2) is 0 Å². The Morgan fingerprint density at radius 1 is 1.28 bits per heavy atom. The minimum absolute atomic E-state index is 0.0753. The Labute approximate surface area is 194 Å². The lowest BCUT2D eigenvalue weighted by molar-refractivity contribution is 0.0201. The second-order valence-corrected chi connectivity index (χ2v) is 9.45. The van der Waals surface area contributed by atoms with Crippen molar-refractivity contribution < 1.29 is 9.53 Å². The number of hydrogen-bond acceptors (Lipinski definition) is 7. The predicted molar refractivity (Wildman–Crippen MR) is 129 cm³/mol. The number of carbonyl (C=O) groups is 1. The minimum atomic E-state index is -0.491. The highest BCUT2D eigenvalue weighted by molar-refractivity contribution is 6.30. The van der Waals surface area contributed by atoms with Gasteiger partial charge in [-0.3, -0.25) is 0 Å². The Hall–Kier alpha value is -2.74. The zero-order valence-corrected chi connectivity index (χ0v) is 19.6. The molecule has 0 aliphatic carbocycles. The van der Waals surface area contributed by atoms with Crippen LogP contribution in [0.25, 0.3) is 0 Å². The number of likely N-dealkylation sites (tertiary alicyclic amines) is 1. The molecule has 1 amide bonds. The first-order valence-electron chi connectivity index (χ1n) is 10.9. The van der Waals surface area contributed by atoms with Gasteiger partial charge in [0.1, 0.15) is 5.60 Å². The highest BCUT2D eigenvalue weighted by Crippen LogP contribution is 2.31. The second-order valence-electron chi connectivity index (χ2n) is 9.01. The maximum atomic E-state index is 12.4. The molecule has 3 rings (SSSR count). The van der Waals surface area contributed by atoms with Crippen molar-refractivity contribution in [2.24, 2.45) is 21.2 Å². The first kappa shape index (κ1) is 23.9. The molecule has 0 aromatic heterocycles. The molecule has 0 bridgehead atoms. The van der Waals surface area contributed by atoms with Gasteiger partial charge in [0, 0.05) is 48.3 Å². The lowest BCUT2D eigenvalue weighted by Gasteiger charge is -2.35. The maximum absolute atomic E-state index is 12.4. The van der Waals surface area contributed by atoms with Gasteiger partial charge in [0.2, 0.25) is 0 Å². The average Bonchev–Trinajstić information content (AvgIpc) is 2.76. The Kier molecular flexibility index (Phi) is 8.01. The summed E-state index contributed by atoms with van der Waals surface area (Å²) in [5.74, 6) is 0.365. The van der Waals surface area contributed by atoms with Crippen LogP contribution < -0.4 is 5.43 Å². The van der Waals surface area contributed by atoms with E-state index in [0.29, 0.717) is 24.7 Å². The third-order valence-corrected chi connectivity index (χ3v) is 5.77. The molecule has 1 unspecified atom stereocenters. The van der Waals surface area contributed by atoms with E-state index in [1.807, 2.05) is 45.0 Å². The van der Waals surface area contributed by atoms with E-state index in [0.717, 1.165) is 42.5 Å². The molecule has 2 heterocycles. The fraction of sp³-hybridized carbons (Fsp3) is 0.522. The number of halogens is 1. The lowest BCUT2D eigenvalue weighted by Crippen LogP contribution is -2.43. The molecule has 1 saturated heterocycles. The van der Waals surface area contributed by atoms with Crippen molar-refractivity contribution in [3.8, 4) is 0 Å². The molecule has 1 aromatic carbocycles. The van der Waals surface area contributed by atoms with Crippen LogP contribution in [0.1, 0.15) is 51.5 Å². The number of benzene rings is 1. The van der Waals surface area contributed by atoms with Gasteiger partial charge in [-0.15, -0.1) is 0 Å². The van der Waals surface area contributed by atoms with Crippen molar-refractivity contribution in [3.05, 3.63) is 34.9 Å². The standard InChI is InChI=1S/C23H31ClN6O2/c1-23(2,3)32-22(31)30-12-8-17(9-13-30)20-14-19(16-4-6-18(24)7-5-16)21(29-28-20)15-27-26-11-10-25/h4-7,10-11,17,19,25,27H,8-9,12-15H2,1-3H3/b25-10?,26-11-. The van der Waals surface area contributed by atoms with Gasteiger partial charge in [-0.05, 0) is 51.3 Å². The first-order chi connectivity index (χ1) is 15.3. The zero-order chi connectivity index (χ0) is 23.1. The van der Waals surface area contributed by atoms with Crippen molar-refractivity contribution in [1.29, 1.82) is 5.41 Å². The van der Waals surface area contributed by atoms with Crippen molar-refractivity contribution in [2.45, 2.75) is 51.6 Å². The molecule has 1 fully saturated rings. The van der Waals surface area contributed by atoms with Crippen LogP contribution in [0.5, 0.6) is 0 Å². The van der Waals surface area contributed by atoms with Crippen molar-refractivity contribution >= 4 is 41.5 Å². The van der Waals surface area contributed by atoms with E-state index >= 15 is 0 Å². The average molecular weight is 459 g/mol. The Morgan fingerprint density at radius 3 is 2.59 bits per heavy atom. The van der Waals surface area contributed by atoms with Crippen LogP contribution in [-0.2, 0) is 4.74 Å². The molecule has 0 spiro atoms. The Bertz CT molecular complexity index is 896. The summed E-state index contributed by atoms with van der Waals surface area (Å²) in [6.07, 6.45) is 4.71. The van der Waals surface area contributed by atoms with E-state index in [4.69, 9.17) is 21.7 Å². The summed E-state index contributed by atoms with van der Waals surface area (Å²) in [5, 5.41) is 20.8. The van der Waals surface area contributed by atoms with Crippen LogP contribution >= 0.6 is 11.6 Å². The third kappa shape index (κ3) is 6.63. The molecule has 172 valence electrons. The van der Waals surface area contributed by atoms with Gasteiger partial charge in [0.05, 0.1) is 18.5 Å². The molecule has 2 N–H and O–H groups in total. The van der Waals surface area contributed by atoms with Gasteiger partial charge in [-0.1, -0.05) is 23.7 Å². The van der Waals surface area contributed by atoms with Crippen LogP contribution in [0.4, 0.5) is 4.79 Å². The predicted octanol–water partition coefficient (Wildman–Crippen LogP) is 4.50. The maximum Gasteiger partial charge on any atom is 0.410 e. The van der Waals surface area contributed by atoms with Crippen LogP contribution in [0, 0.1) is 11.3 Å². The number of nitrogens with one attached hydrogen (secondary N) is 2. The molecule has 9 heteroatoms. The monoisotopic (exact) mass is 458 g/mol. The summed E-state index contributed by atoms with van der Waals surface area (Å²) in [7, 11) is 0. The Morgan fingerprint density at radius 2 is 1.97 bits per heavy atom. The number of hydrogen-bond donors (Lipinski definition) is 2. The molecule has 1 aromatic rings. The largest absolute Gasteiger partial charge is 0.444 e. The van der Waals surface area contributed by atoms with Gasteiger partial charge in [-0.2, -0.15) is 15.3 Å². The molecule has 0 radical (unpaired) electrons. The topological polar surface area (TPSA) is 102 Å². The summed E-state index contributed by atoms with van der Waals surface area (Å²) < 4.78 is 5.50. The lowest BCUT2D eigenvalue weighted by atomic mass is 9.82. The molecule has 1 atom stereocenters. The summed E-state index contributed by atoms with van der Waals surface area (Å²) in [6, 6.07) is 7.83. The quantitative estimate of drug-likeness (QED) is 0.484. The minimum Gasteiger partial charge on any atom is -0.444 e. The van der Waals surface area contributed by atoms with E-state index in [1.54, 1.807) is 4.90 Å². The highest BCUT2D eigenvalue weighted by atomic mass is 35.5. The summed E-state index contributed by atoms with van der Waals surface area (Å²) >= 11 is 6.09. The number of nitrogens with zero attached hydrogens (tertiary/aromatic N) is 4. The first-order valence-corrected chi connectivity index (χ1v) is 11.3. The molecule has 2 aliphatic heterocycles. The zero-order valence-electron chi connectivity index (χ0n) is 18.8. The molecule has 2 aliphatic rings. The number of piperidine rings is 1. The van der Waals surface area contributed by atoms with Crippen molar-refractivity contribution in [3.63, 3.8) is 0 Å². The van der Waals surface area contributed by atoms with Gasteiger partial charge in [-0.25, -0.2) is 4.79 Å². The van der Waals surface area contributed by atoms with Gasteiger partial charge in [0.25, 0.3) is 0 Å². The molecule has 0 saturated carbocycles. The van der Waals surface area contributed by atoms with Crippen LogP contribution in [0.2, 0.25) is 5.02 Å². The van der Waals surface area contributed by atoms with E-state index in [-0.39, 0.29) is 17.9 Å². The number of amides is 1. The third-order valence-electron chi connectivity index (χ3n) is 5.51. The summed E-state index contributed by atoms with van der Waals surface area (Å²) in [6.45, 7) is 7.40. The molecule has 32 heavy (non-hydrogen) atoms. The van der Waals surface area contributed by atoms with E-state index in [2.05, 4.69) is 20.7 Å². The number of hydrazone groups is 1. The second kappa shape index (κ2) is 10.7. The van der Waals surface area contributed by atoms with E-state index < -0.39 is 5.60 Å². The van der Waals surface area contributed by atoms with E-state index in [1.165, 1.54) is 6.21 Å². The number of ether oxygens (including phenoxy) is 1. The highest BCUT2D eigenvalue weighted by Gasteiger charge is 2.32. The van der Waals surface area contributed by atoms with Crippen LogP contribution in [0.15, 0.2) is 39.6 Å². The van der Waals surface area contributed by atoms with Gasteiger partial charge >= 0.3 is 6.09 Å². The van der Waals surface area contributed by atoms with E-state index in [9.17, 15) is 4.79 Å². The normalized spacial score (nSPS) is 20.0. The summed E-state index contributed by atoms with van der Waals surface area (Å²) in [4.78, 5) is 14.1. The summed E-state index contributed by atoms with van der Waals surface area (Å²) in [5.41, 5.74) is 5.53. The molecule has 8 nitrogen and oxygen atoms in total. The van der Waals surface area contributed by atoms with Crippen molar-refractivity contribution in [1.82, 2.24) is 10.3 Å². The number of rotatable bonds is 6. The van der Waals surface area contributed by atoms with Crippen molar-refractivity contribution in [2.75, 3.05) is 19.6 Å². The fourth-order valence-electron chi connectivity index (χ4n) is 3.92.